The molecule has 3 aromatic carbocycles. The summed E-state index contributed by atoms with van der Waals surface area (Å²) in [5, 5.41) is 0. The van der Waals surface area contributed by atoms with E-state index in [1.807, 2.05) is 36.0 Å². The van der Waals surface area contributed by atoms with Gasteiger partial charge in [-0.3, -0.25) is 0 Å². The number of carbonyl (C=O) groups excluding carboxylic acids is 1. The van der Waals surface area contributed by atoms with Gasteiger partial charge in [0.15, 0.2) is 9.84 Å². The van der Waals surface area contributed by atoms with Crippen molar-refractivity contribution in [3.05, 3.63) is 108 Å². The molecular weight excluding hydrogens is 453 g/mol. The summed E-state index contributed by atoms with van der Waals surface area (Å²) in [5.41, 5.74) is 4.44. The van der Waals surface area contributed by atoms with E-state index >= 15 is 0 Å². The zero-order chi connectivity index (χ0) is 24.3. The van der Waals surface area contributed by atoms with E-state index < -0.39 is 9.84 Å². The third kappa shape index (κ3) is 5.26. The first kappa shape index (κ1) is 23.4. The number of rotatable bonds is 7. The van der Waals surface area contributed by atoms with E-state index in [0.29, 0.717) is 23.2 Å². The molecule has 0 saturated carbocycles. The molecule has 0 aliphatic heterocycles. The Kier molecular flexibility index (Phi) is 6.65. The minimum absolute atomic E-state index is 0.180. The lowest BCUT2D eigenvalue weighted by atomic mass is 9.99. The summed E-state index contributed by atoms with van der Waals surface area (Å²) >= 11 is 0. The van der Waals surface area contributed by atoms with Gasteiger partial charge in [-0.05, 0) is 71.6 Å². The average molecular weight is 478 g/mol. The van der Waals surface area contributed by atoms with Gasteiger partial charge in [-0.25, -0.2) is 17.6 Å². The fourth-order valence-corrected chi connectivity index (χ4v) is 4.40. The van der Waals surface area contributed by atoms with Gasteiger partial charge in [0, 0.05) is 30.8 Å². The van der Waals surface area contributed by atoms with Crippen molar-refractivity contribution in [2.75, 3.05) is 12.9 Å². The van der Waals surface area contributed by atoms with Crippen molar-refractivity contribution in [3.8, 4) is 16.8 Å². The lowest BCUT2D eigenvalue weighted by Gasteiger charge is -2.15. The summed E-state index contributed by atoms with van der Waals surface area (Å²) in [6.45, 7) is 2.13. The van der Waals surface area contributed by atoms with Gasteiger partial charge < -0.3 is 9.30 Å². The Bertz CT molecular complexity index is 1430. The van der Waals surface area contributed by atoms with Gasteiger partial charge in [0.1, 0.15) is 5.82 Å². The monoisotopic (exact) mass is 477 g/mol. The van der Waals surface area contributed by atoms with Crippen molar-refractivity contribution in [1.82, 2.24) is 4.57 Å². The van der Waals surface area contributed by atoms with E-state index in [0.717, 1.165) is 22.9 Å². The highest BCUT2D eigenvalue weighted by Gasteiger charge is 2.16. The maximum Gasteiger partial charge on any atom is 0.338 e. The third-order valence-electron chi connectivity index (χ3n) is 5.60. The summed E-state index contributed by atoms with van der Waals surface area (Å²) in [6, 6.07) is 19.9. The number of esters is 1. The molecule has 4 rings (SSSR count). The fourth-order valence-electron chi connectivity index (χ4n) is 3.74. The van der Waals surface area contributed by atoms with Crippen LogP contribution in [0, 0.1) is 12.7 Å². The molecule has 0 unspecified atom stereocenters. The second-order valence-electron chi connectivity index (χ2n) is 8.07. The summed E-state index contributed by atoms with van der Waals surface area (Å²) in [5.74, 6) is -0.732. The van der Waals surface area contributed by atoms with Crippen LogP contribution in [-0.4, -0.2) is 31.8 Å². The van der Waals surface area contributed by atoms with Crippen LogP contribution in [0.1, 0.15) is 21.5 Å². The van der Waals surface area contributed by atoms with E-state index in [1.165, 1.54) is 12.1 Å². The van der Waals surface area contributed by atoms with Crippen LogP contribution in [0.15, 0.2) is 90.1 Å². The zero-order valence-electron chi connectivity index (χ0n) is 18.9. The predicted molar refractivity (Wildman–Crippen MR) is 129 cm³/mol. The normalized spacial score (nSPS) is 11.4. The Balaban J connectivity index is 1.60. The summed E-state index contributed by atoms with van der Waals surface area (Å²) < 4.78 is 45.4. The van der Waals surface area contributed by atoms with Gasteiger partial charge >= 0.3 is 5.97 Å². The SMILES string of the molecule is Cc1c(-c2ccc(F)cc2)cc(S(C)(=O)=O)cc1-n1ccc(CCOC(=O)c2ccccc2)c1. The van der Waals surface area contributed by atoms with Gasteiger partial charge in [-0.2, -0.15) is 0 Å². The van der Waals surface area contributed by atoms with Crippen LogP contribution in [0.4, 0.5) is 4.39 Å². The Labute approximate surface area is 198 Å². The van der Waals surface area contributed by atoms with Gasteiger partial charge in [0.05, 0.1) is 17.1 Å². The van der Waals surface area contributed by atoms with Gasteiger partial charge in [0.25, 0.3) is 0 Å². The number of ether oxygens (including phenoxy) is 1. The molecule has 0 saturated heterocycles. The molecule has 7 heteroatoms. The van der Waals surface area contributed by atoms with Crippen molar-refractivity contribution < 1.29 is 22.3 Å². The van der Waals surface area contributed by atoms with Crippen LogP contribution < -0.4 is 0 Å². The fraction of sp³-hybridized carbons (Fsp3) is 0.148. The van der Waals surface area contributed by atoms with Crippen LogP contribution in [0.2, 0.25) is 0 Å². The Morgan fingerprint density at radius 1 is 1.00 bits per heavy atom. The van der Waals surface area contributed by atoms with E-state index in [4.69, 9.17) is 4.74 Å². The second-order valence-corrected chi connectivity index (χ2v) is 10.1. The van der Waals surface area contributed by atoms with Crippen molar-refractivity contribution in [1.29, 1.82) is 0 Å². The minimum atomic E-state index is -3.48. The highest BCUT2D eigenvalue weighted by molar-refractivity contribution is 7.90. The van der Waals surface area contributed by atoms with E-state index in [-0.39, 0.29) is 23.3 Å². The Morgan fingerprint density at radius 3 is 2.38 bits per heavy atom. The minimum Gasteiger partial charge on any atom is -0.462 e. The molecule has 0 amide bonds. The molecule has 34 heavy (non-hydrogen) atoms. The average Bonchev–Trinajstić information content (AvgIpc) is 3.28. The lowest BCUT2D eigenvalue weighted by Crippen LogP contribution is -2.07. The van der Waals surface area contributed by atoms with Crippen LogP contribution >= 0.6 is 0 Å². The first-order chi connectivity index (χ1) is 16.2. The van der Waals surface area contributed by atoms with E-state index in [1.54, 1.807) is 48.5 Å². The summed E-state index contributed by atoms with van der Waals surface area (Å²) in [6.07, 6.45) is 5.41. The lowest BCUT2D eigenvalue weighted by molar-refractivity contribution is 0.0509. The van der Waals surface area contributed by atoms with Crippen molar-refractivity contribution in [3.63, 3.8) is 0 Å². The number of hydrogen-bond donors (Lipinski definition) is 0. The zero-order valence-corrected chi connectivity index (χ0v) is 19.7. The first-order valence-corrected chi connectivity index (χ1v) is 12.6. The predicted octanol–water partition coefficient (Wildman–Crippen LogP) is 5.39. The number of aromatic nitrogens is 1. The highest BCUT2D eigenvalue weighted by atomic mass is 32.2. The van der Waals surface area contributed by atoms with Crippen LogP contribution in [0.5, 0.6) is 0 Å². The van der Waals surface area contributed by atoms with Gasteiger partial charge in [-0.15, -0.1) is 0 Å². The second kappa shape index (κ2) is 9.65. The molecule has 0 bridgehead atoms. The van der Waals surface area contributed by atoms with Crippen molar-refractivity contribution >= 4 is 15.8 Å². The van der Waals surface area contributed by atoms with Crippen LogP contribution in [0.3, 0.4) is 0 Å². The maximum absolute atomic E-state index is 13.4. The molecule has 0 radical (unpaired) electrons. The molecule has 4 aromatic rings. The molecule has 1 aromatic heterocycles. The smallest absolute Gasteiger partial charge is 0.338 e. The van der Waals surface area contributed by atoms with Gasteiger partial charge in [-0.1, -0.05) is 30.3 Å². The third-order valence-corrected chi connectivity index (χ3v) is 6.69. The summed E-state index contributed by atoms with van der Waals surface area (Å²) in [4.78, 5) is 12.3. The number of carbonyl (C=O) groups is 1. The largest absolute Gasteiger partial charge is 0.462 e. The maximum atomic E-state index is 13.4. The molecule has 1 heterocycles. The topological polar surface area (TPSA) is 65.4 Å². The first-order valence-electron chi connectivity index (χ1n) is 10.7. The molecule has 0 spiro atoms. The van der Waals surface area contributed by atoms with Gasteiger partial charge in [0.2, 0.25) is 0 Å². The number of hydrogen-bond acceptors (Lipinski definition) is 4. The molecule has 0 aliphatic rings. The molecule has 0 atom stereocenters. The molecule has 0 fully saturated rings. The standard InChI is InChI=1S/C27H24FNO4S/c1-19-25(21-8-10-23(28)11-9-21)16-24(34(2,31)32)17-26(19)29-14-12-20(18-29)13-15-33-27(30)22-6-4-3-5-7-22/h3-12,14,16-18H,13,15H2,1-2H3. The Morgan fingerprint density at radius 2 is 1.71 bits per heavy atom. The molecule has 0 aliphatic carbocycles. The molecule has 5 nitrogen and oxygen atoms in total. The number of halogens is 1. The number of sulfone groups is 1. The Hall–Kier alpha value is -3.71. The molecule has 174 valence electrons. The van der Waals surface area contributed by atoms with E-state index in [2.05, 4.69) is 0 Å². The van der Waals surface area contributed by atoms with Crippen molar-refractivity contribution in [2.45, 2.75) is 18.2 Å². The van der Waals surface area contributed by atoms with E-state index in [9.17, 15) is 17.6 Å². The summed E-state index contributed by atoms with van der Waals surface area (Å²) in [7, 11) is -3.48. The van der Waals surface area contributed by atoms with Crippen LogP contribution in [0.25, 0.3) is 16.8 Å². The highest BCUT2D eigenvalue weighted by Crippen LogP contribution is 2.32. The van der Waals surface area contributed by atoms with Crippen molar-refractivity contribution in [2.24, 2.45) is 0 Å². The van der Waals surface area contributed by atoms with Crippen LogP contribution in [-0.2, 0) is 21.0 Å². The number of nitrogens with zero attached hydrogens (tertiary/aromatic N) is 1. The molecular formula is C27H24FNO4S. The quantitative estimate of drug-likeness (QED) is 0.335. The number of benzene rings is 3. The molecule has 0 N–H and O–H groups in total.